The molecular formula is C13H22N6O. The summed E-state index contributed by atoms with van der Waals surface area (Å²) in [4.78, 5) is 13.1. The molecule has 7 nitrogen and oxygen atoms in total. The third-order valence-corrected chi connectivity index (χ3v) is 3.92. The second kappa shape index (κ2) is 6.51. The molecule has 2 heterocycles. The number of nitrogens with two attached hydrogens (primary N) is 1. The molecule has 0 unspecified atom stereocenters. The van der Waals surface area contributed by atoms with Gasteiger partial charge in [0.2, 0.25) is 0 Å². The van der Waals surface area contributed by atoms with E-state index >= 15 is 0 Å². The van der Waals surface area contributed by atoms with Crippen molar-refractivity contribution < 1.29 is 5.21 Å². The van der Waals surface area contributed by atoms with Crippen LogP contribution >= 0.6 is 0 Å². The molecule has 0 radical (unpaired) electrons. The lowest BCUT2D eigenvalue weighted by Gasteiger charge is -2.36. The van der Waals surface area contributed by atoms with E-state index in [1.54, 1.807) is 6.20 Å². The summed E-state index contributed by atoms with van der Waals surface area (Å²) in [6.07, 6.45) is 5.46. The van der Waals surface area contributed by atoms with Crippen LogP contribution in [0.3, 0.4) is 0 Å². The first-order valence-corrected chi connectivity index (χ1v) is 6.90. The predicted octanol–water partition coefficient (Wildman–Crippen LogP) is 0.492. The maximum absolute atomic E-state index is 8.60. The van der Waals surface area contributed by atoms with E-state index in [1.807, 2.05) is 7.05 Å². The van der Waals surface area contributed by atoms with Crippen LogP contribution < -0.4 is 10.6 Å². The third-order valence-electron chi connectivity index (χ3n) is 3.92. The van der Waals surface area contributed by atoms with Gasteiger partial charge in [-0.05, 0) is 19.4 Å². The van der Waals surface area contributed by atoms with Crippen molar-refractivity contribution in [2.45, 2.75) is 25.8 Å². The maximum atomic E-state index is 8.60. The van der Waals surface area contributed by atoms with E-state index in [4.69, 9.17) is 10.9 Å². The molecule has 20 heavy (non-hydrogen) atoms. The van der Waals surface area contributed by atoms with Crippen LogP contribution in [0.1, 0.15) is 25.5 Å². The Morgan fingerprint density at radius 3 is 2.65 bits per heavy atom. The average Bonchev–Trinajstić information content (AvgIpc) is 2.53. The first-order chi connectivity index (χ1) is 9.65. The van der Waals surface area contributed by atoms with E-state index in [-0.39, 0.29) is 5.84 Å². The molecule has 0 aliphatic carbocycles. The highest BCUT2D eigenvalue weighted by Gasteiger charge is 2.22. The van der Waals surface area contributed by atoms with E-state index in [9.17, 15) is 0 Å². The predicted molar refractivity (Wildman–Crippen MR) is 78.1 cm³/mol. The van der Waals surface area contributed by atoms with Gasteiger partial charge in [0, 0.05) is 26.2 Å². The smallest absolute Gasteiger partial charge is 0.190 e. The van der Waals surface area contributed by atoms with Gasteiger partial charge in [0.05, 0.1) is 12.4 Å². The summed E-state index contributed by atoms with van der Waals surface area (Å²) in [7, 11) is 2.04. The van der Waals surface area contributed by atoms with Gasteiger partial charge in [-0.2, -0.15) is 0 Å². The van der Waals surface area contributed by atoms with Gasteiger partial charge in [0.1, 0.15) is 11.5 Å². The summed E-state index contributed by atoms with van der Waals surface area (Å²) in [5.41, 5.74) is 5.85. The van der Waals surface area contributed by atoms with Crippen LogP contribution in [0.15, 0.2) is 17.5 Å². The van der Waals surface area contributed by atoms with Gasteiger partial charge >= 0.3 is 0 Å². The second-order valence-electron chi connectivity index (χ2n) is 5.02. The number of aromatic nitrogens is 2. The molecule has 0 saturated carbocycles. The number of anilines is 1. The second-order valence-corrected chi connectivity index (χ2v) is 5.02. The molecule has 0 amide bonds. The Bertz CT molecular complexity index is 452. The Labute approximate surface area is 119 Å². The van der Waals surface area contributed by atoms with Crippen molar-refractivity contribution in [1.29, 1.82) is 0 Å². The van der Waals surface area contributed by atoms with Gasteiger partial charge in [-0.1, -0.05) is 12.1 Å². The number of rotatable bonds is 4. The number of hydrogen-bond donors (Lipinski definition) is 2. The normalized spacial score (nSPS) is 18.2. The molecular weight excluding hydrogens is 256 g/mol. The Morgan fingerprint density at radius 1 is 1.45 bits per heavy atom. The summed E-state index contributed by atoms with van der Waals surface area (Å²) in [6.45, 7) is 5.56. The quantitative estimate of drug-likeness (QED) is 0.360. The molecule has 1 aromatic rings. The Morgan fingerprint density at radius 2 is 2.15 bits per heavy atom. The van der Waals surface area contributed by atoms with Gasteiger partial charge in [0.15, 0.2) is 5.84 Å². The largest absolute Gasteiger partial charge is 0.409 e. The Balaban J connectivity index is 2.01. The molecule has 0 spiro atoms. The number of piperidine rings is 1. The van der Waals surface area contributed by atoms with E-state index in [1.165, 1.54) is 6.20 Å². The van der Waals surface area contributed by atoms with Crippen LogP contribution in [-0.2, 0) is 0 Å². The van der Waals surface area contributed by atoms with Crippen LogP contribution in [0.2, 0.25) is 0 Å². The lowest BCUT2D eigenvalue weighted by atomic mass is 10.0. The van der Waals surface area contributed by atoms with Crippen LogP contribution in [0, 0.1) is 0 Å². The maximum Gasteiger partial charge on any atom is 0.190 e. The lowest BCUT2D eigenvalue weighted by Crippen LogP contribution is -2.43. The van der Waals surface area contributed by atoms with Crippen molar-refractivity contribution in [3.05, 3.63) is 18.1 Å². The van der Waals surface area contributed by atoms with E-state index < -0.39 is 0 Å². The third kappa shape index (κ3) is 3.16. The SMILES string of the molecule is CCN1CCC(N(C)c2cnc(C(N)=NO)cn2)CC1. The van der Waals surface area contributed by atoms with Crippen molar-refractivity contribution in [2.75, 3.05) is 31.6 Å². The van der Waals surface area contributed by atoms with Crippen molar-refractivity contribution in [3.63, 3.8) is 0 Å². The lowest BCUT2D eigenvalue weighted by molar-refractivity contribution is 0.220. The van der Waals surface area contributed by atoms with Crippen molar-refractivity contribution in [2.24, 2.45) is 10.9 Å². The minimum Gasteiger partial charge on any atom is -0.409 e. The summed E-state index contributed by atoms with van der Waals surface area (Å²) in [5.74, 6) is 0.789. The average molecular weight is 278 g/mol. The minimum absolute atomic E-state index is 0.0250. The molecule has 0 bridgehead atoms. The van der Waals surface area contributed by atoms with Crippen LogP contribution in [0.25, 0.3) is 0 Å². The summed E-state index contributed by atoms with van der Waals surface area (Å²) < 4.78 is 0. The topological polar surface area (TPSA) is 90.9 Å². The van der Waals surface area contributed by atoms with Gasteiger partial charge in [-0.15, -0.1) is 0 Å². The highest BCUT2D eigenvalue weighted by Crippen LogP contribution is 2.19. The molecule has 0 aromatic carbocycles. The first kappa shape index (κ1) is 14.5. The number of nitrogens with zero attached hydrogens (tertiary/aromatic N) is 5. The molecule has 110 valence electrons. The fourth-order valence-corrected chi connectivity index (χ4v) is 2.50. The van der Waals surface area contributed by atoms with Gasteiger partial charge in [-0.25, -0.2) is 9.97 Å². The number of hydrogen-bond acceptors (Lipinski definition) is 6. The molecule has 1 saturated heterocycles. The molecule has 1 aliphatic rings. The summed E-state index contributed by atoms with van der Waals surface area (Å²) >= 11 is 0. The molecule has 1 fully saturated rings. The molecule has 2 rings (SSSR count). The molecule has 1 aliphatic heterocycles. The van der Waals surface area contributed by atoms with Crippen LogP contribution in [-0.4, -0.2) is 58.6 Å². The minimum atomic E-state index is -0.0250. The molecule has 3 N–H and O–H groups in total. The Hall–Kier alpha value is -1.89. The fourth-order valence-electron chi connectivity index (χ4n) is 2.50. The van der Waals surface area contributed by atoms with Gasteiger partial charge in [-0.3, -0.25) is 0 Å². The van der Waals surface area contributed by atoms with Crippen LogP contribution in [0.5, 0.6) is 0 Å². The van der Waals surface area contributed by atoms with E-state index in [2.05, 4.69) is 31.8 Å². The van der Waals surface area contributed by atoms with Gasteiger partial charge < -0.3 is 20.7 Å². The fraction of sp³-hybridized carbons (Fsp3) is 0.615. The zero-order valence-electron chi connectivity index (χ0n) is 12.0. The van der Waals surface area contributed by atoms with Gasteiger partial charge in [0.25, 0.3) is 0 Å². The van der Waals surface area contributed by atoms with E-state index in [0.29, 0.717) is 11.7 Å². The zero-order chi connectivity index (χ0) is 14.5. The number of likely N-dealkylation sites (tertiary alicyclic amines) is 1. The van der Waals surface area contributed by atoms with Crippen molar-refractivity contribution in [3.8, 4) is 0 Å². The molecule has 1 aromatic heterocycles. The zero-order valence-corrected chi connectivity index (χ0v) is 12.0. The number of amidine groups is 1. The standard InChI is InChI=1S/C13H22N6O/c1-3-19-6-4-10(5-7-19)18(2)12-9-15-11(8-16-12)13(14)17-20/h8-10,20H,3-7H2,1-2H3,(H2,14,17). The number of oxime groups is 1. The monoisotopic (exact) mass is 278 g/mol. The highest BCUT2D eigenvalue weighted by molar-refractivity contribution is 5.94. The van der Waals surface area contributed by atoms with Crippen molar-refractivity contribution >= 4 is 11.7 Å². The summed E-state index contributed by atoms with van der Waals surface area (Å²) in [6, 6.07) is 0.488. The van der Waals surface area contributed by atoms with Crippen LogP contribution in [0.4, 0.5) is 5.82 Å². The Kier molecular flexibility index (Phi) is 4.73. The summed E-state index contributed by atoms with van der Waals surface area (Å²) in [5, 5.41) is 11.5. The van der Waals surface area contributed by atoms with Crippen molar-refractivity contribution in [1.82, 2.24) is 14.9 Å². The molecule has 7 heteroatoms. The first-order valence-electron chi connectivity index (χ1n) is 6.90. The van der Waals surface area contributed by atoms with E-state index in [0.717, 1.165) is 38.3 Å². The molecule has 0 atom stereocenters. The highest BCUT2D eigenvalue weighted by atomic mass is 16.4.